The average molecular weight is 389 g/mol. The molecule has 29 heavy (non-hydrogen) atoms. The fourth-order valence-electron chi connectivity index (χ4n) is 2.77. The molecule has 4 aromatic rings. The normalized spacial score (nSPS) is 10.6. The maximum absolute atomic E-state index is 12.6. The van der Waals surface area contributed by atoms with E-state index in [1.54, 1.807) is 41.5 Å². The summed E-state index contributed by atoms with van der Waals surface area (Å²) in [6, 6.07) is 14.9. The molecule has 0 saturated heterocycles. The number of nitro groups is 1. The highest BCUT2D eigenvalue weighted by Crippen LogP contribution is 2.18. The Hall–Kier alpha value is -4.34. The highest BCUT2D eigenvalue weighted by Gasteiger charge is 2.13. The maximum atomic E-state index is 12.6. The van der Waals surface area contributed by atoms with Gasteiger partial charge in [0.15, 0.2) is 5.69 Å². The van der Waals surface area contributed by atoms with Gasteiger partial charge >= 0.3 is 0 Å². The summed E-state index contributed by atoms with van der Waals surface area (Å²) < 4.78 is 3.15. The quantitative estimate of drug-likeness (QED) is 0.400. The van der Waals surface area contributed by atoms with Gasteiger partial charge in [-0.05, 0) is 29.8 Å². The Morgan fingerprint density at radius 3 is 2.62 bits per heavy atom. The molecule has 2 heterocycles. The third-order valence-electron chi connectivity index (χ3n) is 4.21. The van der Waals surface area contributed by atoms with Gasteiger partial charge in [-0.25, -0.2) is 14.3 Å². The smallest absolute Gasteiger partial charge is 0.276 e. The second-order valence-corrected chi connectivity index (χ2v) is 6.12. The topological polar surface area (TPSA) is 121 Å². The predicted molar refractivity (Wildman–Crippen MR) is 104 cm³/mol. The molecule has 2 aromatic heterocycles. The van der Waals surface area contributed by atoms with Crippen LogP contribution in [0.3, 0.4) is 0 Å². The summed E-state index contributed by atoms with van der Waals surface area (Å²) >= 11 is 0. The fraction of sp³-hybridized carbons (Fsp3) is 0.0526. The SMILES string of the molecule is O=C(Nc1ccccc1Cn1cncn1)c1ccn(-c2ccc([N+](=O)[O-])cc2)n1. The predicted octanol–water partition coefficient (Wildman–Crippen LogP) is 2.67. The lowest BCUT2D eigenvalue weighted by Crippen LogP contribution is -2.15. The van der Waals surface area contributed by atoms with Crippen LogP contribution in [0.2, 0.25) is 0 Å². The number of hydrogen-bond donors (Lipinski definition) is 1. The number of carbonyl (C=O) groups is 1. The summed E-state index contributed by atoms with van der Waals surface area (Å²) in [6.07, 6.45) is 4.67. The lowest BCUT2D eigenvalue weighted by Gasteiger charge is -2.10. The second kappa shape index (κ2) is 7.72. The van der Waals surface area contributed by atoms with Crippen molar-refractivity contribution in [2.75, 3.05) is 5.32 Å². The first-order chi connectivity index (χ1) is 14.1. The van der Waals surface area contributed by atoms with Crippen LogP contribution < -0.4 is 5.32 Å². The van der Waals surface area contributed by atoms with Gasteiger partial charge in [0.05, 0.1) is 17.2 Å². The van der Waals surface area contributed by atoms with Gasteiger partial charge in [0, 0.05) is 24.0 Å². The summed E-state index contributed by atoms with van der Waals surface area (Å²) in [5, 5.41) is 22.0. The second-order valence-electron chi connectivity index (χ2n) is 6.12. The van der Waals surface area contributed by atoms with Crippen molar-refractivity contribution in [1.82, 2.24) is 24.5 Å². The highest BCUT2D eigenvalue weighted by atomic mass is 16.6. The molecule has 0 aliphatic heterocycles. The van der Waals surface area contributed by atoms with Crippen LogP contribution in [-0.4, -0.2) is 35.4 Å². The molecule has 10 nitrogen and oxygen atoms in total. The molecule has 1 N–H and O–H groups in total. The van der Waals surface area contributed by atoms with E-state index in [4.69, 9.17) is 0 Å². The van der Waals surface area contributed by atoms with Gasteiger partial charge in [0.1, 0.15) is 12.7 Å². The number of rotatable bonds is 6. The first-order valence-electron chi connectivity index (χ1n) is 8.62. The van der Waals surface area contributed by atoms with E-state index in [1.807, 2.05) is 18.2 Å². The number of amides is 1. The molecule has 0 saturated carbocycles. The molecule has 0 radical (unpaired) electrons. The minimum absolute atomic E-state index is 0.0112. The van der Waals surface area contributed by atoms with Crippen molar-refractivity contribution in [2.45, 2.75) is 6.54 Å². The van der Waals surface area contributed by atoms with E-state index < -0.39 is 4.92 Å². The molecule has 10 heteroatoms. The van der Waals surface area contributed by atoms with Crippen molar-refractivity contribution in [3.63, 3.8) is 0 Å². The Bertz CT molecular complexity index is 1150. The number of para-hydroxylation sites is 1. The number of carbonyl (C=O) groups excluding carboxylic acids is 1. The van der Waals surface area contributed by atoms with Gasteiger partial charge in [-0.2, -0.15) is 10.2 Å². The Kier molecular flexibility index (Phi) is 4.81. The van der Waals surface area contributed by atoms with Crippen molar-refractivity contribution in [2.24, 2.45) is 0 Å². The molecule has 0 unspecified atom stereocenters. The molecular weight excluding hydrogens is 374 g/mol. The molecule has 0 aliphatic carbocycles. The average Bonchev–Trinajstić information content (AvgIpc) is 3.42. The van der Waals surface area contributed by atoms with Gasteiger partial charge in [-0.15, -0.1) is 0 Å². The van der Waals surface area contributed by atoms with Crippen LogP contribution in [0.15, 0.2) is 73.4 Å². The van der Waals surface area contributed by atoms with Gasteiger partial charge in [0.25, 0.3) is 11.6 Å². The zero-order valence-corrected chi connectivity index (χ0v) is 15.0. The first-order valence-corrected chi connectivity index (χ1v) is 8.62. The molecular formula is C19H15N7O3. The highest BCUT2D eigenvalue weighted by molar-refractivity contribution is 6.03. The van der Waals surface area contributed by atoms with E-state index in [-0.39, 0.29) is 17.3 Å². The minimum atomic E-state index is -0.470. The zero-order chi connectivity index (χ0) is 20.2. The van der Waals surface area contributed by atoms with Crippen LogP contribution in [0.5, 0.6) is 0 Å². The van der Waals surface area contributed by atoms with E-state index in [9.17, 15) is 14.9 Å². The van der Waals surface area contributed by atoms with Gasteiger partial charge in [-0.3, -0.25) is 14.9 Å². The van der Waals surface area contributed by atoms with Crippen molar-refractivity contribution in [1.29, 1.82) is 0 Å². The minimum Gasteiger partial charge on any atom is -0.320 e. The third-order valence-corrected chi connectivity index (χ3v) is 4.21. The van der Waals surface area contributed by atoms with E-state index in [0.717, 1.165) is 5.56 Å². The number of nitro benzene ring substituents is 1. The van der Waals surface area contributed by atoms with E-state index >= 15 is 0 Å². The zero-order valence-electron chi connectivity index (χ0n) is 15.0. The lowest BCUT2D eigenvalue weighted by molar-refractivity contribution is -0.384. The number of benzene rings is 2. The van der Waals surface area contributed by atoms with Crippen LogP contribution in [0.25, 0.3) is 5.69 Å². The Morgan fingerprint density at radius 1 is 1.10 bits per heavy atom. The molecule has 0 bridgehead atoms. The van der Waals surface area contributed by atoms with Gasteiger partial charge in [0.2, 0.25) is 0 Å². The maximum Gasteiger partial charge on any atom is 0.276 e. The number of non-ortho nitro benzene ring substituents is 1. The summed E-state index contributed by atoms with van der Waals surface area (Å²) in [5.41, 5.74) is 2.35. The van der Waals surface area contributed by atoms with Crippen LogP contribution in [0.4, 0.5) is 11.4 Å². The van der Waals surface area contributed by atoms with Crippen molar-refractivity contribution >= 4 is 17.3 Å². The number of nitrogens with zero attached hydrogens (tertiary/aromatic N) is 6. The van der Waals surface area contributed by atoms with Crippen LogP contribution in [0.1, 0.15) is 16.1 Å². The van der Waals surface area contributed by atoms with E-state index in [2.05, 4.69) is 20.5 Å². The summed E-state index contributed by atoms with van der Waals surface area (Å²) in [4.78, 5) is 26.9. The summed E-state index contributed by atoms with van der Waals surface area (Å²) in [5.74, 6) is -0.364. The number of aromatic nitrogens is 5. The van der Waals surface area contributed by atoms with Gasteiger partial charge in [-0.1, -0.05) is 18.2 Å². The van der Waals surface area contributed by atoms with Gasteiger partial charge < -0.3 is 5.32 Å². The van der Waals surface area contributed by atoms with E-state index in [1.165, 1.54) is 23.1 Å². The summed E-state index contributed by atoms with van der Waals surface area (Å²) in [6.45, 7) is 0.466. The molecule has 1 amide bonds. The molecule has 2 aromatic carbocycles. The van der Waals surface area contributed by atoms with E-state index in [0.29, 0.717) is 17.9 Å². The van der Waals surface area contributed by atoms with Crippen LogP contribution in [-0.2, 0) is 6.54 Å². The van der Waals surface area contributed by atoms with Crippen molar-refractivity contribution in [3.8, 4) is 5.69 Å². The fourth-order valence-corrected chi connectivity index (χ4v) is 2.77. The summed E-state index contributed by atoms with van der Waals surface area (Å²) in [7, 11) is 0. The number of nitrogens with one attached hydrogen (secondary N) is 1. The molecule has 0 atom stereocenters. The lowest BCUT2D eigenvalue weighted by atomic mass is 10.1. The Labute approximate surface area is 164 Å². The Balaban J connectivity index is 1.51. The standard InChI is InChI=1S/C19H15N7O3/c27-19(22-17-4-2-1-3-14(17)11-24-13-20-12-21-24)18-9-10-25(23-18)15-5-7-16(8-6-15)26(28)29/h1-10,12-13H,11H2,(H,22,27). The first kappa shape index (κ1) is 18.0. The molecule has 0 fully saturated rings. The molecule has 0 spiro atoms. The van der Waals surface area contributed by atoms with Crippen LogP contribution >= 0.6 is 0 Å². The number of hydrogen-bond acceptors (Lipinski definition) is 6. The molecule has 0 aliphatic rings. The largest absolute Gasteiger partial charge is 0.320 e. The third kappa shape index (κ3) is 4.00. The van der Waals surface area contributed by atoms with Crippen LogP contribution in [0, 0.1) is 10.1 Å². The monoisotopic (exact) mass is 389 g/mol. The molecule has 144 valence electrons. The number of anilines is 1. The Morgan fingerprint density at radius 2 is 1.90 bits per heavy atom. The van der Waals surface area contributed by atoms with Crippen molar-refractivity contribution in [3.05, 3.63) is 94.8 Å². The van der Waals surface area contributed by atoms with Crippen molar-refractivity contribution < 1.29 is 9.72 Å². The molecule has 4 rings (SSSR count).